The Labute approximate surface area is 299 Å². The molecular formula is C32H27Cl2F6IN4O4. The van der Waals surface area contributed by atoms with E-state index in [9.17, 15) is 35.9 Å². The summed E-state index contributed by atoms with van der Waals surface area (Å²) < 4.78 is 86.8. The molecule has 2 amide bonds. The third-order valence-corrected chi connectivity index (χ3v) is 9.24. The van der Waals surface area contributed by atoms with Crippen molar-refractivity contribution < 1.29 is 45.4 Å². The summed E-state index contributed by atoms with van der Waals surface area (Å²) in [4.78, 5) is 24.1. The van der Waals surface area contributed by atoms with Crippen LogP contribution in [-0.2, 0) is 0 Å². The number of ether oxygens (including phenoxy) is 2. The molecule has 0 saturated heterocycles. The van der Waals surface area contributed by atoms with Crippen LogP contribution < -0.4 is 20.1 Å². The highest BCUT2D eigenvalue weighted by Crippen LogP contribution is 2.36. The van der Waals surface area contributed by atoms with Crippen LogP contribution in [0.3, 0.4) is 0 Å². The molecule has 0 radical (unpaired) electrons. The first-order valence-electron chi connectivity index (χ1n) is 14.7. The smallest absolute Gasteiger partial charge is 0.406 e. The molecule has 0 saturated carbocycles. The standard InChI is InChI=1S/C16H13ClF3IN2O2.C16H14ClF3N2O2/c17-5-4-10-8-22-15(24)13-7-12(14(21)23(10)13)9-2-1-3-11(6-9)25-16(18,19)20;17-5-4-12-8-21-15(23)14-7-11(9-22(12)14)10-2-1-3-13(6-10)24-16(18,19)20/h1-3,6-7,10H,4-5,8H2,(H,22,24);1-3,6-7,9,12H,4-5,8H2,(H,21,23). The molecule has 262 valence electrons. The highest BCUT2D eigenvalue weighted by Gasteiger charge is 2.33. The number of hydrogen-bond donors (Lipinski definition) is 2. The van der Waals surface area contributed by atoms with Gasteiger partial charge >= 0.3 is 12.7 Å². The van der Waals surface area contributed by atoms with Crippen LogP contribution in [0.1, 0.15) is 45.9 Å². The topological polar surface area (TPSA) is 86.5 Å². The zero-order valence-corrected chi connectivity index (χ0v) is 28.8. The molecular weight excluding hydrogens is 816 g/mol. The summed E-state index contributed by atoms with van der Waals surface area (Å²) >= 11 is 13.7. The molecule has 49 heavy (non-hydrogen) atoms. The highest BCUT2D eigenvalue weighted by atomic mass is 127. The zero-order chi connectivity index (χ0) is 35.5. The molecule has 2 aliphatic rings. The van der Waals surface area contributed by atoms with Crippen molar-refractivity contribution in [2.75, 3.05) is 24.8 Å². The predicted molar refractivity (Wildman–Crippen MR) is 179 cm³/mol. The Kier molecular flexibility index (Phi) is 11.3. The van der Waals surface area contributed by atoms with Crippen molar-refractivity contribution in [3.8, 4) is 33.8 Å². The van der Waals surface area contributed by atoms with E-state index in [0.717, 1.165) is 3.70 Å². The minimum atomic E-state index is -4.75. The van der Waals surface area contributed by atoms with E-state index in [-0.39, 0.29) is 35.4 Å². The molecule has 4 aromatic rings. The molecule has 4 heterocycles. The lowest BCUT2D eigenvalue weighted by Gasteiger charge is -2.26. The van der Waals surface area contributed by atoms with Crippen molar-refractivity contribution in [3.63, 3.8) is 0 Å². The van der Waals surface area contributed by atoms with Crippen LogP contribution in [0.4, 0.5) is 26.3 Å². The lowest BCUT2D eigenvalue weighted by Crippen LogP contribution is -2.39. The van der Waals surface area contributed by atoms with Crippen LogP contribution >= 0.6 is 45.8 Å². The SMILES string of the molecule is O=C1NCC(CCCl)n2c1cc(-c1cccc(OC(F)(F)F)c1)c2I.O=C1NCC(CCCl)n2cc(-c3cccc(OC(F)(F)F)c3)cc21. The van der Waals surface area contributed by atoms with Gasteiger partial charge in [0.1, 0.15) is 22.9 Å². The van der Waals surface area contributed by atoms with Gasteiger partial charge in [0.2, 0.25) is 0 Å². The fraction of sp³-hybridized carbons (Fsp3) is 0.312. The van der Waals surface area contributed by atoms with E-state index in [2.05, 4.69) is 42.7 Å². The van der Waals surface area contributed by atoms with E-state index in [1.54, 1.807) is 30.5 Å². The number of rotatable bonds is 8. The third kappa shape index (κ3) is 8.97. The fourth-order valence-electron chi connectivity index (χ4n) is 5.61. The van der Waals surface area contributed by atoms with Gasteiger partial charge in [0.05, 0.1) is 15.8 Å². The lowest BCUT2D eigenvalue weighted by molar-refractivity contribution is -0.275. The van der Waals surface area contributed by atoms with Crippen molar-refractivity contribution in [1.29, 1.82) is 0 Å². The summed E-state index contributed by atoms with van der Waals surface area (Å²) in [5, 5.41) is 5.60. The van der Waals surface area contributed by atoms with Gasteiger partial charge in [-0.15, -0.1) is 49.5 Å². The zero-order valence-electron chi connectivity index (χ0n) is 25.2. The predicted octanol–water partition coefficient (Wildman–Crippen LogP) is 8.54. The molecule has 0 fully saturated rings. The second-order valence-electron chi connectivity index (χ2n) is 11.0. The molecule has 8 nitrogen and oxygen atoms in total. The number of carbonyl (C=O) groups excluding carboxylic acids is 2. The molecule has 2 N–H and O–H groups in total. The van der Waals surface area contributed by atoms with E-state index in [0.29, 0.717) is 71.3 Å². The van der Waals surface area contributed by atoms with Crippen LogP contribution in [0, 0.1) is 3.70 Å². The van der Waals surface area contributed by atoms with Crippen LogP contribution in [0.2, 0.25) is 0 Å². The number of nitrogens with one attached hydrogen (secondary N) is 2. The summed E-state index contributed by atoms with van der Waals surface area (Å²) in [5.74, 6) is -0.133. The Morgan fingerprint density at radius 1 is 0.735 bits per heavy atom. The van der Waals surface area contributed by atoms with Crippen LogP contribution in [0.5, 0.6) is 11.5 Å². The number of carbonyl (C=O) groups is 2. The van der Waals surface area contributed by atoms with E-state index < -0.39 is 12.7 Å². The van der Waals surface area contributed by atoms with E-state index in [1.165, 1.54) is 36.4 Å². The largest absolute Gasteiger partial charge is 0.573 e. The number of nitrogens with zero attached hydrogens (tertiary/aromatic N) is 2. The van der Waals surface area contributed by atoms with Gasteiger partial charge in [0.25, 0.3) is 11.8 Å². The van der Waals surface area contributed by atoms with Crippen molar-refractivity contribution in [1.82, 2.24) is 19.8 Å². The normalized spacial score (nSPS) is 17.2. The first-order chi connectivity index (χ1) is 23.2. The molecule has 0 aliphatic carbocycles. The van der Waals surface area contributed by atoms with E-state index in [4.69, 9.17) is 23.2 Å². The summed E-state index contributed by atoms with van der Waals surface area (Å²) in [5.41, 5.74) is 3.35. The second-order valence-corrected chi connectivity index (χ2v) is 12.7. The van der Waals surface area contributed by atoms with E-state index in [1.807, 2.05) is 9.13 Å². The Morgan fingerprint density at radius 2 is 1.27 bits per heavy atom. The molecule has 2 aromatic heterocycles. The molecule has 2 aliphatic heterocycles. The average Bonchev–Trinajstić information content (AvgIpc) is 3.63. The summed E-state index contributed by atoms with van der Waals surface area (Å²) in [6.07, 6.45) is -6.38. The average molecular weight is 843 g/mol. The maximum absolute atomic E-state index is 12.4. The van der Waals surface area contributed by atoms with Gasteiger partial charge < -0.3 is 29.2 Å². The van der Waals surface area contributed by atoms with Gasteiger partial charge in [-0.2, -0.15) is 0 Å². The minimum absolute atomic E-state index is 0.0143. The van der Waals surface area contributed by atoms with Crippen molar-refractivity contribution in [2.24, 2.45) is 0 Å². The summed E-state index contributed by atoms with van der Waals surface area (Å²) in [6, 6.07) is 14.8. The quantitative estimate of drug-likeness (QED) is 0.106. The van der Waals surface area contributed by atoms with Gasteiger partial charge in [0, 0.05) is 42.2 Å². The number of amides is 2. The van der Waals surface area contributed by atoms with Crippen LogP contribution in [0.25, 0.3) is 22.3 Å². The Morgan fingerprint density at radius 3 is 1.86 bits per heavy atom. The second kappa shape index (κ2) is 15.1. The number of fused-ring (bicyclic) bond motifs is 2. The van der Waals surface area contributed by atoms with Crippen molar-refractivity contribution >= 4 is 57.6 Å². The fourth-order valence-corrected chi connectivity index (χ4v) is 7.23. The first-order valence-corrected chi connectivity index (χ1v) is 16.9. The Hall–Kier alpha value is -3.57. The summed E-state index contributed by atoms with van der Waals surface area (Å²) in [7, 11) is 0. The molecule has 0 spiro atoms. The minimum Gasteiger partial charge on any atom is -0.406 e. The van der Waals surface area contributed by atoms with Crippen LogP contribution in [-0.4, -0.2) is 58.5 Å². The first kappa shape index (κ1) is 36.7. The Bertz CT molecular complexity index is 1830. The van der Waals surface area contributed by atoms with Gasteiger partial charge in [-0.1, -0.05) is 24.3 Å². The van der Waals surface area contributed by atoms with E-state index >= 15 is 0 Å². The molecule has 17 heteroatoms. The van der Waals surface area contributed by atoms with Gasteiger partial charge in [0.15, 0.2) is 0 Å². The monoisotopic (exact) mass is 842 g/mol. The summed E-state index contributed by atoms with van der Waals surface area (Å²) in [6.45, 7) is 0.948. The van der Waals surface area contributed by atoms with Gasteiger partial charge in [-0.25, -0.2) is 0 Å². The number of alkyl halides is 8. The third-order valence-electron chi connectivity index (χ3n) is 7.71. The number of hydrogen-bond acceptors (Lipinski definition) is 4. The van der Waals surface area contributed by atoms with Crippen molar-refractivity contribution in [2.45, 2.75) is 37.7 Å². The maximum Gasteiger partial charge on any atom is 0.573 e. The Balaban J connectivity index is 0.000000191. The number of aromatic nitrogens is 2. The van der Waals surface area contributed by atoms with Crippen molar-refractivity contribution in [3.05, 3.63) is 81.9 Å². The lowest BCUT2D eigenvalue weighted by atomic mass is 10.1. The number of halogens is 9. The maximum atomic E-state index is 12.4. The van der Waals surface area contributed by atoms with Gasteiger partial charge in [-0.3, -0.25) is 9.59 Å². The molecule has 2 unspecified atom stereocenters. The number of benzene rings is 2. The highest BCUT2D eigenvalue weighted by molar-refractivity contribution is 14.1. The van der Waals surface area contributed by atoms with Gasteiger partial charge in [-0.05, 0) is 83.0 Å². The van der Waals surface area contributed by atoms with Crippen LogP contribution in [0.15, 0.2) is 66.9 Å². The molecule has 2 atom stereocenters. The molecule has 0 bridgehead atoms. The molecule has 2 aromatic carbocycles. The molecule has 6 rings (SSSR count).